The number of nitrogens with zero attached hydrogens (tertiary/aromatic N) is 2. The normalized spacial score (nSPS) is 24.5. The lowest BCUT2D eigenvalue weighted by molar-refractivity contribution is 0.390. The molecule has 1 saturated carbocycles. The van der Waals surface area contributed by atoms with Gasteiger partial charge in [-0.05, 0) is 118 Å². The Labute approximate surface area is 200 Å². The van der Waals surface area contributed by atoms with Crippen LogP contribution in [0.5, 0.6) is 0 Å². The van der Waals surface area contributed by atoms with Crippen molar-refractivity contribution in [2.24, 2.45) is 5.92 Å². The van der Waals surface area contributed by atoms with Gasteiger partial charge in [-0.25, -0.2) is 0 Å². The monoisotopic (exact) mass is 452 g/mol. The van der Waals surface area contributed by atoms with Crippen molar-refractivity contribution in [3.63, 3.8) is 0 Å². The Morgan fingerprint density at radius 1 is 0.758 bits per heavy atom. The van der Waals surface area contributed by atoms with E-state index in [1.807, 2.05) is 0 Å². The highest BCUT2D eigenvalue weighted by atomic mass is 28.3. The van der Waals surface area contributed by atoms with Gasteiger partial charge in [-0.1, -0.05) is 47.9 Å². The lowest BCUT2D eigenvalue weighted by atomic mass is 10.0. The fraction of sp³-hybridized carbons (Fsp3) is 0.400. The number of hydrogen-bond acceptors (Lipinski definition) is 2. The van der Waals surface area contributed by atoms with Crippen LogP contribution < -0.4 is 10.4 Å². The van der Waals surface area contributed by atoms with Gasteiger partial charge in [0.15, 0.2) is 0 Å². The van der Waals surface area contributed by atoms with Crippen molar-refractivity contribution < 1.29 is 0 Å². The van der Waals surface area contributed by atoms with Crippen LogP contribution in [0, 0.1) is 47.5 Å². The standard InChI is InChI=1S/C30H36N2Si/c1-19-14-21(3)29(22(4)15-19)33(30-23(5)16-20(2)17-24(30)6)31-13-8-7-11-27(31)28-18-25-10-9-12-26(25)32(28)33/h7-8,11,13-17,25-26H,9-10,12,18H2,1-6H3/t25-,26-/m1/s1. The highest BCUT2D eigenvalue weighted by Crippen LogP contribution is 2.52. The van der Waals surface area contributed by atoms with Crippen LogP contribution in [0.15, 0.2) is 60.1 Å². The van der Waals surface area contributed by atoms with Crippen LogP contribution in [0.1, 0.15) is 59.1 Å². The molecule has 6 rings (SSSR count). The van der Waals surface area contributed by atoms with Gasteiger partial charge in [-0.3, -0.25) is 0 Å². The van der Waals surface area contributed by atoms with Gasteiger partial charge in [0.25, 0.3) is 0 Å². The third-order valence-corrected chi connectivity index (χ3v) is 14.0. The highest BCUT2D eigenvalue weighted by Gasteiger charge is 2.63. The molecule has 170 valence electrons. The number of benzene rings is 2. The summed E-state index contributed by atoms with van der Waals surface area (Å²) in [7, 11) is -2.53. The molecule has 2 aromatic rings. The highest BCUT2D eigenvalue weighted by molar-refractivity contribution is 7.00. The average molecular weight is 453 g/mol. The van der Waals surface area contributed by atoms with E-state index < -0.39 is 8.40 Å². The quantitative estimate of drug-likeness (QED) is 0.549. The molecule has 0 spiro atoms. The van der Waals surface area contributed by atoms with E-state index in [4.69, 9.17) is 0 Å². The van der Waals surface area contributed by atoms with Crippen LogP contribution in [0.25, 0.3) is 0 Å². The third kappa shape index (κ3) is 2.72. The first-order valence-electron chi connectivity index (χ1n) is 12.7. The second kappa shape index (κ2) is 7.24. The molecule has 2 aromatic carbocycles. The zero-order valence-electron chi connectivity index (χ0n) is 21.0. The molecular weight excluding hydrogens is 416 g/mol. The molecule has 1 aliphatic carbocycles. The molecule has 0 radical (unpaired) electrons. The Kier molecular flexibility index (Phi) is 4.61. The van der Waals surface area contributed by atoms with Gasteiger partial charge in [0, 0.05) is 11.7 Å². The third-order valence-electron chi connectivity index (χ3n) is 8.60. The molecule has 1 saturated heterocycles. The maximum atomic E-state index is 3.04. The minimum absolute atomic E-state index is 0.673. The van der Waals surface area contributed by atoms with E-state index in [-0.39, 0.29) is 0 Å². The van der Waals surface area contributed by atoms with Crippen molar-refractivity contribution in [3.05, 3.63) is 93.5 Å². The lowest BCUT2D eigenvalue weighted by Gasteiger charge is -2.48. The molecule has 3 aliphatic heterocycles. The fourth-order valence-electron chi connectivity index (χ4n) is 7.95. The number of hydrogen-bond donors (Lipinski definition) is 0. The molecule has 2 fully saturated rings. The van der Waals surface area contributed by atoms with Gasteiger partial charge in [-0.15, -0.1) is 0 Å². The Balaban J connectivity index is 1.77. The topological polar surface area (TPSA) is 6.48 Å². The first-order valence-corrected chi connectivity index (χ1v) is 14.6. The van der Waals surface area contributed by atoms with E-state index in [0.717, 1.165) is 5.92 Å². The summed E-state index contributed by atoms with van der Waals surface area (Å²) in [4.78, 5) is 0. The molecule has 2 atom stereocenters. The van der Waals surface area contributed by atoms with Gasteiger partial charge in [-0.2, -0.15) is 0 Å². The Bertz CT molecular complexity index is 1160. The summed E-state index contributed by atoms with van der Waals surface area (Å²) in [6.07, 6.45) is 14.7. The molecule has 33 heavy (non-hydrogen) atoms. The average Bonchev–Trinajstić information content (AvgIpc) is 3.38. The Hall–Kier alpha value is -2.52. The van der Waals surface area contributed by atoms with Crippen molar-refractivity contribution in [2.75, 3.05) is 0 Å². The summed E-state index contributed by atoms with van der Waals surface area (Å²) in [5, 5.41) is 3.23. The summed E-state index contributed by atoms with van der Waals surface area (Å²) < 4.78 is 5.81. The van der Waals surface area contributed by atoms with E-state index in [9.17, 15) is 0 Å². The first kappa shape index (κ1) is 21.0. The van der Waals surface area contributed by atoms with Crippen LogP contribution in [-0.4, -0.2) is 23.6 Å². The number of allylic oxidation sites excluding steroid dienone is 4. The Morgan fingerprint density at radius 2 is 1.33 bits per heavy atom. The van der Waals surface area contributed by atoms with Crippen molar-refractivity contribution >= 4 is 18.8 Å². The Morgan fingerprint density at radius 3 is 1.91 bits per heavy atom. The van der Waals surface area contributed by atoms with E-state index in [1.165, 1.54) is 64.8 Å². The van der Waals surface area contributed by atoms with Gasteiger partial charge < -0.3 is 9.13 Å². The minimum atomic E-state index is -2.53. The smallest absolute Gasteiger partial charge is 0.336 e. The van der Waals surface area contributed by atoms with Crippen LogP contribution in [0.4, 0.5) is 0 Å². The molecule has 0 N–H and O–H groups in total. The van der Waals surface area contributed by atoms with Gasteiger partial charge >= 0.3 is 8.40 Å². The van der Waals surface area contributed by atoms with E-state index in [2.05, 4.69) is 99.4 Å². The van der Waals surface area contributed by atoms with Crippen LogP contribution in [0.2, 0.25) is 0 Å². The maximum Gasteiger partial charge on any atom is 0.336 e. The molecule has 0 bridgehead atoms. The largest absolute Gasteiger partial charge is 0.372 e. The van der Waals surface area contributed by atoms with Crippen molar-refractivity contribution in [1.82, 2.24) is 9.13 Å². The van der Waals surface area contributed by atoms with Gasteiger partial charge in [0.1, 0.15) is 0 Å². The SMILES string of the molecule is Cc1cc(C)c([Si]2(c3c(C)cc(C)cc3C)N3C=CC=CC3=C3C[C@H]4CCC[C@H]4N32)c(C)c1. The second-order valence-corrected chi connectivity index (χ2v) is 14.3. The molecule has 0 amide bonds. The molecule has 2 nitrogen and oxygen atoms in total. The van der Waals surface area contributed by atoms with Gasteiger partial charge in [0.2, 0.25) is 0 Å². The molecule has 3 heteroatoms. The number of aryl methyl sites for hydroxylation is 6. The predicted molar refractivity (Wildman–Crippen MR) is 141 cm³/mol. The van der Waals surface area contributed by atoms with Crippen molar-refractivity contribution in [3.8, 4) is 0 Å². The molecule has 0 aromatic heterocycles. The zero-order valence-corrected chi connectivity index (χ0v) is 22.0. The maximum absolute atomic E-state index is 3.04. The summed E-state index contributed by atoms with van der Waals surface area (Å²) in [5.41, 5.74) is 11.7. The zero-order chi connectivity index (χ0) is 23.1. The van der Waals surface area contributed by atoms with E-state index >= 15 is 0 Å². The first-order chi connectivity index (χ1) is 15.8. The van der Waals surface area contributed by atoms with E-state index in [0.29, 0.717) is 6.04 Å². The van der Waals surface area contributed by atoms with Gasteiger partial charge in [0.05, 0.1) is 5.70 Å². The minimum Gasteiger partial charge on any atom is -0.372 e. The summed E-state index contributed by atoms with van der Waals surface area (Å²) in [5.74, 6) is 0.818. The summed E-state index contributed by atoms with van der Waals surface area (Å²) in [6, 6.07) is 10.4. The van der Waals surface area contributed by atoms with Crippen molar-refractivity contribution in [1.29, 1.82) is 0 Å². The van der Waals surface area contributed by atoms with Crippen LogP contribution in [-0.2, 0) is 0 Å². The predicted octanol–water partition coefficient (Wildman–Crippen LogP) is 5.58. The van der Waals surface area contributed by atoms with Crippen LogP contribution in [0.3, 0.4) is 0 Å². The molecule has 3 heterocycles. The molecular formula is C30H36N2Si. The van der Waals surface area contributed by atoms with Crippen molar-refractivity contribution in [2.45, 2.75) is 73.3 Å². The number of rotatable bonds is 2. The summed E-state index contributed by atoms with van der Waals surface area (Å²) >= 11 is 0. The molecule has 4 aliphatic rings. The lowest BCUT2D eigenvalue weighted by Crippen LogP contribution is -2.77. The fourth-order valence-corrected chi connectivity index (χ4v) is 14.2. The second-order valence-electron chi connectivity index (χ2n) is 11.0. The molecule has 0 unspecified atom stereocenters. The number of fused-ring (bicyclic) bond motifs is 4. The van der Waals surface area contributed by atoms with E-state index in [1.54, 1.807) is 16.1 Å². The van der Waals surface area contributed by atoms with Crippen LogP contribution >= 0.6 is 0 Å². The summed E-state index contributed by atoms with van der Waals surface area (Å²) in [6.45, 7) is 14.0.